The normalized spacial score (nSPS) is 21.1. The van der Waals surface area contributed by atoms with Crippen LogP contribution in [0.15, 0.2) is 84.9 Å². The third-order valence-corrected chi connectivity index (χ3v) is 6.39. The quantitative estimate of drug-likeness (QED) is 0.448. The van der Waals surface area contributed by atoms with E-state index in [4.69, 9.17) is 9.47 Å². The Balaban J connectivity index is 1.37. The minimum absolute atomic E-state index is 0.236. The average Bonchev–Trinajstić information content (AvgIpc) is 3.31. The second-order valence-electron chi connectivity index (χ2n) is 8.28. The van der Waals surface area contributed by atoms with Crippen molar-refractivity contribution in [3.63, 3.8) is 0 Å². The maximum Gasteiger partial charge on any atom is 0.124 e. The molecular weight excluding hydrogens is 382 g/mol. The summed E-state index contributed by atoms with van der Waals surface area (Å²) in [5.41, 5.74) is 5.08. The zero-order valence-corrected chi connectivity index (χ0v) is 18.0. The minimum Gasteiger partial charge on any atom is -0.494 e. The molecule has 3 nitrogen and oxygen atoms in total. The molecule has 0 spiro atoms. The first-order valence-corrected chi connectivity index (χ1v) is 11.3. The summed E-state index contributed by atoms with van der Waals surface area (Å²) in [7, 11) is 0. The fourth-order valence-electron chi connectivity index (χ4n) is 4.93. The van der Waals surface area contributed by atoms with Crippen LogP contribution in [0.5, 0.6) is 11.5 Å². The van der Waals surface area contributed by atoms with Gasteiger partial charge in [0.1, 0.15) is 11.5 Å². The highest BCUT2D eigenvalue weighted by molar-refractivity contribution is 5.62. The molecule has 3 unspecified atom stereocenters. The van der Waals surface area contributed by atoms with Gasteiger partial charge >= 0.3 is 0 Å². The first-order valence-electron chi connectivity index (χ1n) is 11.3. The van der Waals surface area contributed by atoms with Gasteiger partial charge in [-0.25, -0.2) is 0 Å². The van der Waals surface area contributed by atoms with Gasteiger partial charge in [0.25, 0.3) is 0 Å². The van der Waals surface area contributed by atoms with Crippen LogP contribution in [-0.2, 0) is 6.42 Å². The summed E-state index contributed by atoms with van der Waals surface area (Å²) >= 11 is 0. The highest BCUT2D eigenvalue weighted by Gasteiger charge is 2.39. The zero-order chi connectivity index (χ0) is 21.0. The standard InChI is InChI=1S/C28H29NO2/c1-2-30-27-14-7-6-11-24(27)28-23-13-8-12-22(23)25-19-21(15-16-26(25)29-28)31-18-17-20-9-4-3-5-10-20/h3-12,14-16,19,22-23,28-29H,2,13,17-18H2,1H3. The van der Waals surface area contributed by atoms with Crippen LogP contribution in [0.1, 0.15) is 42.0 Å². The molecule has 1 N–H and O–H groups in total. The zero-order valence-electron chi connectivity index (χ0n) is 18.0. The molecule has 3 aromatic rings. The van der Waals surface area contributed by atoms with Gasteiger partial charge in [-0.05, 0) is 54.7 Å². The molecule has 3 atom stereocenters. The van der Waals surface area contributed by atoms with Gasteiger partial charge in [0.05, 0.1) is 19.3 Å². The first kappa shape index (κ1) is 19.7. The van der Waals surface area contributed by atoms with Gasteiger partial charge in [0.15, 0.2) is 0 Å². The molecule has 0 saturated heterocycles. The van der Waals surface area contributed by atoms with Crippen molar-refractivity contribution in [3.8, 4) is 11.5 Å². The lowest BCUT2D eigenvalue weighted by Gasteiger charge is -2.38. The Hall–Kier alpha value is -3.20. The summed E-state index contributed by atoms with van der Waals surface area (Å²) in [6.45, 7) is 3.40. The molecule has 0 amide bonds. The van der Waals surface area contributed by atoms with Crippen LogP contribution in [0.3, 0.4) is 0 Å². The van der Waals surface area contributed by atoms with Crippen molar-refractivity contribution in [2.75, 3.05) is 18.5 Å². The molecule has 0 fully saturated rings. The number of ether oxygens (including phenoxy) is 2. The number of para-hydroxylation sites is 1. The van der Waals surface area contributed by atoms with E-state index in [0.29, 0.717) is 25.0 Å². The Kier molecular flexibility index (Phi) is 5.66. The molecule has 158 valence electrons. The van der Waals surface area contributed by atoms with Crippen molar-refractivity contribution in [2.24, 2.45) is 5.92 Å². The fraction of sp³-hybridized carbons (Fsp3) is 0.286. The topological polar surface area (TPSA) is 30.5 Å². The Labute approximate surface area is 184 Å². The van der Waals surface area contributed by atoms with Crippen molar-refractivity contribution in [1.29, 1.82) is 0 Å². The summed E-state index contributed by atoms with van der Waals surface area (Å²) in [6.07, 6.45) is 6.68. The molecule has 31 heavy (non-hydrogen) atoms. The van der Waals surface area contributed by atoms with Gasteiger partial charge in [-0.2, -0.15) is 0 Å². The van der Waals surface area contributed by atoms with Crippen molar-refractivity contribution < 1.29 is 9.47 Å². The van der Waals surface area contributed by atoms with Crippen LogP contribution >= 0.6 is 0 Å². The van der Waals surface area contributed by atoms with Crippen molar-refractivity contribution in [1.82, 2.24) is 0 Å². The molecule has 1 aliphatic heterocycles. The summed E-state index contributed by atoms with van der Waals surface area (Å²) in [5, 5.41) is 3.82. The Morgan fingerprint density at radius 1 is 0.903 bits per heavy atom. The molecule has 2 aliphatic rings. The molecule has 3 heteroatoms. The minimum atomic E-state index is 0.236. The van der Waals surface area contributed by atoms with E-state index in [0.717, 1.165) is 24.3 Å². The van der Waals surface area contributed by atoms with Crippen LogP contribution < -0.4 is 14.8 Å². The largest absolute Gasteiger partial charge is 0.494 e. The first-order chi connectivity index (χ1) is 15.3. The predicted molar refractivity (Wildman–Crippen MR) is 126 cm³/mol. The summed E-state index contributed by atoms with van der Waals surface area (Å²) in [4.78, 5) is 0. The van der Waals surface area contributed by atoms with Crippen LogP contribution in [-0.4, -0.2) is 13.2 Å². The SMILES string of the molecule is CCOc1ccccc1C1Nc2ccc(OCCc3ccccc3)cc2C2C=CCC21. The van der Waals surface area contributed by atoms with E-state index in [1.807, 2.05) is 13.0 Å². The van der Waals surface area contributed by atoms with E-state index in [1.54, 1.807) is 0 Å². The molecule has 0 aromatic heterocycles. The van der Waals surface area contributed by atoms with E-state index in [9.17, 15) is 0 Å². The summed E-state index contributed by atoms with van der Waals surface area (Å²) < 4.78 is 12.1. The van der Waals surface area contributed by atoms with Gasteiger partial charge in [-0.1, -0.05) is 60.7 Å². The molecule has 0 saturated carbocycles. The van der Waals surface area contributed by atoms with Gasteiger partial charge in [0.2, 0.25) is 0 Å². The number of nitrogens with one attached hydrogen (secondary N) is 1. The second-order valence-corrected chi connectivity index (χ2v) is 8.28. The molecule has 5 rings (SSSR count). The lowest BCUT2D eigenvalue weighted by Crippen LogP contribution is -2.29. The Bertz CT molecular complexity index is 1060. The van der Waals surface area contributed by atoms with Gasteiger partial charge in [0, 0.05) is 23.6 Å². The van der Waals surface area contributed by atoms with Gasteiger partial charge < -0.3 is 14.8 Å². The summed E-state index contributed by atoms with van der Waals surface area (Å²) in [6, 6.07) is 25.7. The van der Waals surface area contributed by atoms with Crippen molar-refractivity contribution in [2.45, 2.75) is 31.7 Å². The molecule has 0 radical (unpaired) electrons. The molecule has 0 bridgehead atoms. The van der Waals surface area contributed by atoms with Crippen LogP contribution in [0.4, 0.5) is 5.69 Å². The lowest BCUT2D eigenvalue weighted by molar-refractivity contribution is 0.319. The van der Waals surface area contributed by atoms with E-state index in [2.05, 4.69) is 84.2 Å². The summed E-state index contributed by atoms with van der Waals surface area (Å²) in [5.74, 6) is 2.81. The van der Waals surface area contributed by atoms with E-state index >= 15 is 0 Å². The highest BCUT2D eigenvalue weighted by atomic mass is 16.5. The van der Waals surface area contributed by atoms with Gasteiger partial charge in [-0.15, -0.1) is 0 Å². The number of hydrogen-bond acceptors (Lipinski definition) is 3. The molecule has 1 aliphatic carbocycles. The third kappa shape index (κ3) is 4.05. The fourth-order valence-corrected chi connectivity index (χ4v) is 4.93. The average molecular weight is 412 g/mol. The second kappa shape index (κ2) is 8.89. The maximum absolute atomic E-state index is 6.12. The van der Waals surface area contributed by atoms with Crippen molar-refractivity contribution in [3.05, 3.63) is 102 Å². The van der Waals surface area contributed by atoms with Crippen LogP contribution in [0.25, 0.3) is 0 Å². The maximum atomic E-state index is 6.12. The molecule has 3 aromatic carbocycles. The monoisotopic (exact) mass is 411 g/mol. The predicted octanol–water partition coefficient (Wildman–Crippen LogP) is 6.53. The molecule has 1 heterocycles. The number of allylic oxidation sites excluding steroid dienone is 2. The van der Waals surface area contributed by atoms with Crippen molar-refractivity contribution >= 4 is 5.69 Å². The number of rotatable bonds is 7. The van der Waals surface area contributed by atoms with Crippen LogP contribution in [0.2, 0.25) is 0 Å². The highest BCUT2D eigenvalue weighted by Crippen LogP contribution is 2.51. The number of fused-ring (bicyclic) bond motifs is 3. The van der Waals surface area contributed by atoms with E-state index in [-0.39, 0.29) is 6.04 Å². The number of hydrogen-bond donors (Lipinski definition) is 1. The Morgan fingerprint density at radius 3 is 2.61 bits per heavy atom. The lowest BCUT2D eigenvalue weighted by atomic mass is 9.77. The number of anilines is 1. The van der Waals surface area contributed by atoms with E-state index in [1.165, 1.54) is 22.4 Å². The molecular formula is C28H29NO2. The van der Waals surface area contributed by atoms with Gasteiger partial charge in [-0.3, -0.25) is 0 Å². The number of benzene rings is 3. The smallest absolute Gasteiger partial charge is 0.124 e. The van der Waals surface area contributed by atoms with Crippen LogP contribution in [0, 0.1) is 5.92 Å². The third-order valence-electron chi connectivity index (χ3n) is 6.39. The van der Waals surface area contributed by atoms with E-state index < -0.39 is 0 Å². The Morgan fingerprint density at radius 2 is 1.74 bits per heavy atom.